The van der Waals surface area contributed by atoms with Gasteiger partial charge in [0.25, 0.3) is 0 Å². The van der Waals surface area contributed by atoms with Gasteiger partial charge in [0.05, 0.1) is 0 Å². The van der Waals surface area contributed by atoms with Crippen LogP contribution in [0.1, 0.15) is 34.6 Å². The Morgan fingerprint density at radius 2 is 1.15 bits per heavy atom. The Hall–Kier alpha value is -0.666. The van der Waals surface area contributed by atoms with Crippen LogP contribution in [0, 0.1) is 34.5 Å². The van der Waals surface area contributed by atoms with Crippen molar-refractivity contribution in [1.82, 2.24) is 0 Å². The molecule has 2 rings (SSSR count). The number of hydrogen-bond donors (Lipinski definition) is 0. The minimum atomic E-state index is -4.29. The molecular weight excluding hydrogens is 423 g/mol. The van der Waals surface area contributed by atoms with Gasteiger partial charge < -0.3 is 0 Å². The van der Waals surface area contributed by atoms with Gasteiger partial charge in [-0.05, 0) is 0 Å². The van der Waals surface area contributed by atoms with E-state index >= 15 is 0 Å². The molecule has 0 saturated heterocycles. The molecule has 0 N–H and O–H groups in total. The van der Waals surface area contributed by atoms with Gasteiger partial charge in [0.2, 0.25) is 0 Å². The Morgan fingerprint density at radius 3 is 1.48 bits per heavy atom. The van der Waals surface area contributed by atoms with Crippen molar-refractivity contribution < 1.29 is 44.7 Å². The van der Waals surface area contributed by atoms with Crippen molar-refractivity contribution in [1.29, 1.82) is 0 Å². The Balaban J connectivity index is 2.72. The molecule has 0 aromatic heterocycles. The standard InChI is InChI=1S/C10H15.C6HF5S.2CH3O.Ti/c1-7-6-10(4,5)9(3)8(7)2;7-1-2(8)4(10)6(12)5(11)3(1)9;2*1-2;/h1-5H3;12H;2*1H3;/q;;2*-1;+3/p-1. The summed E-state index contributed by atoms with van der Waals surface area (Å²) in [7, 11) is 3.17. The number of allylic oxidation sites excluding steroid dienone is 4. The molecule has 1 aromatic carbocycles. The molecule has 0 spiro atoms. The van der Waals surface area contributed by atoms with E-state index in [9.17, 15) is 22.0 Å². The summed E-state index contributed by atoms with van der Waals surface area (Å²) in [4.78, 5) is -0.978. The van der Waals surface area contributed by atoms with Crippen molar-refractivity contribution in [2.45, 2.75) is 39.5 Å². The van der Waals surface area contributed by atoms with Gasteiger partial charge >= 0.3 is 163 Å². The zero-order valence-corrected chi connectivity index (χ0v) is 18.5. The third-order valence-corrected chi connectivity index (χ3v) is 14.8. The van der Waals surface area contributed by atoms with Crippen molar-refractivity contribution in [3.63, 3.8) is 0 Å². The Kier molecular flexibility index (Phi) is 6.39. The maximum atomic E-state index is 14.3. The molecule has 0 unspecified atom stereocenters. The van der Waals surface area contributed by atoms with Crippen LogP contribution in [-0.4, -0.2) is 14.2 Å². The molecule has 0 radical (unpaired) electrons. The summed E-state index contributed by atoms with van der Waals surface area (Å²) in [6, 6.07) is 0. The van der Waals surface area contributed by atoms with Gasteiger partial charge in [-0.15, -0.1) is 0 Å². The van der Waals surface area contributed by atoms with Gasteiger partial charge in [-0.2, -0.15) is 0 Å². The van der Waals surface area contributed by atoms with E-state index in [2.05, 4.69) is 0 Å². The summed E-state index contributed by atoms with van der Waals surface area (Å²) in [5, 5.41) is 0. The van der Waals surface area contributed by atoms with Gasteiger partial charge in [-0.3, -0.25) is 0 Å². The number of hydrogen-bond acceptors (Lipinski definition) is 3. The Bertz CT molecular complexity index is 831. The quantitative estimate of drug-likeness (QED) is 0.229. The molecule has 2 nitrogen and oxygen atoms in total. The van der Waals surface area contributed by atoms with E-state index in [1.807, 2.05) is 34.6 Å². The summed E-state index contributed by atoms with van der Waals surface area (Å²) >= 11 is -4.29. The van der Waals surface area contributed by atoms with E-state index in [0.717, 1.165) is 20.6 Å². The summed E-state index contributed by atoms with van der Waals surface area (Å²) < 4.78 is 81.3. The van der Waals surface area contributed by atoms with Gasteiger partial charge in [0.15, 0.2) is 0 Å². The summed E-state index contributed by atoms with van der Waals surface area (Å²) in [6.07, 6.45) is 0. The molecule has 1 aliphatic carbocycles. The molecule has 150 valence electrons. The molecule has 9 heteroatoms. The van der Waals surface area contributed by atoms with Crippen molar-refractivity contribution in [3.8, 4) is 0 Å². The second-order valence-electron chi connectivity index (χ2n) is 6.84. The normalized spacial score (nSPS) is 17.3. The van der Waals surface area contributed by atoms with E-state index in [4.69, 9.17) is 6.64 Å². The fraction of sp³-hybridized carbons (Fsp3) is 0.444. The van der Waals surface area contributed by atoms with Crippen LogP contribution in [0.3, 0.4) is 0 Å². The van der Waals surface area contributed by atoms with E-state index in [1.54, 1.807) is 0 Å². The van der Waals surface area contributed by atoms with Crippen LogP contribution < -0.4 is 0 Å². The van der Waals surface area contributed by atoms with Crippen LogP contribution in [0.15, 0.2) is 25.5 Å². The minimum absolute atomic E-state index is 0.496. The van der Waals surface area contributed by atoms with Gasteiger partial charge in [-0.25, -0.2) is 0 Å². The molecule has 0 aliphatic heterocycles. The van der Waals surface area contributed by atoms with Gasteiger partial charge in [0.1, 0.15) is 0 Å². The first-order valence-corrected chi connectivity index (χ1v) is 12.9. The van der Waals surface area contributed by atoms with Gasteiger partial charge in [0, 0.05) is 0 Å². The number of benzene rings is 1. The average molecular weight is 444 g/mol. The van der Waals surface area contributed by atoms with Crippen molar-refractivity contribution in [2.75, 3.05) is 14.2 Å². The monoisotopic (exact) mass is 444 g/mol. The second-order valence-corrected chi connectivity index (χ2v) is 14.4. The van der Waals surface area contributed by atoms with Crippen LogP contribution >= 0.6 is 9.35 Å². The molecule has 0 amide bonds. The predicted molar refractivity (Wildman–Crippen MR) is 91.0 cm³/mol. The SMILES string of the molecule is C[O][Ti]([O]C)([S]c1c(F)c(F)c(F)c(F)c1F)[C]1=C(C)C(C)=C(C)C1(C)C. The molecule has 0 heterocycles. The third-order valence-electron chi connectivity index (χ3n) is 5.31. The van der Waals surface area contributed by atoms with E-state index in [-0.39, 0.29) is 0 Å². The predicted octanol–water partition coefficient (Wildman–Crippen LogP) is 6.32. The topological polar surface area (TPSA) is 18.5 Å². The fourth-order valence-electron chi connectivity index (χ4n) is 3.44. The molecular formula is C18H21F5O2STi. The van der Waals surface area contributed by atoms with E-state index < -0.39 is 55.5 Å². The molecule has 0 bridgehead atoms. The fourth-order valence-corrected chi connectivity index (χ4v) is 12.8. The maximum absolute atomic E-state index is 14.3. The first-order chi connectivity index (χ1) is 12.4. The molecule has 27 heavy (non-hydrogen) atoms. The van der Waals surface area contributed by atoms with Crippen LogP contribution in [0.5, 0.6) is 0 Å². The Labute approximate surface area is 162 Å². The molecule has 1 aliphatic rings. The molecule has 0 fully saturated rings. The first-order valence-electron chi connectivity index (χ1n) is 8.08. The second kappa shape index (κ2) is 7.63. The zero-order valence-electron chi connectivity index (χ0n) is 16.1. The third kappa shape index (κ3) is 3.33. The number of rotatable bonds is 5. The van der Waals surface area contributed by atoms with Crippen LogP contribution in [0.25, 0.3) is 0 Å². The first kappa shape index (κ1) is 22.6. The number of halogens is 5. The average Bonchev–Trinajstić information content (AvgIpc) is 2.79. The molecule has 0 atom stereocenters. The van der Waals surface area contributed by atoms with Crippen molar-refractivity contribution in [2.24, 2.45) is 5.41 Å². The van der Waals surface area contributed by atoms with Crippen LogP contribution in [0.4, 0.5) is 22.0 Å². The van der Waals surface area contributed by atoms with Gasteiger partial charge in [-0.1, -0.05) is 0 Å². The van der Waals surface area contributed by atoms with E-state index in [0.29, 0.717) is 9.35 Å². The van der Waals surface area contributed by atoms with Crippen molar-refractivity contribution in [3.05, 3.63) is 49.7 Å². The Morgan fingerprint density at radius 1 is 0.741 bits per heavy atom. The summed E-state index contributed by atoms with van der Waals surface area (Å²) in [5.74, 6) is -9.91. The summed E-state index contributed by atoms with van der Waals surface area (Å²) in [5.41, 5.74) is 2.36. The summed E-state index contributed by atoms with van der Waals surface area (Å²) in [6.45, 7) is 9.55. The van der Waals surface area contributed by atoms with Crippen LogP contribution in [-0.2, 0) is 22.7 Å². The molecule has 0 saturated carbocycles. The zero-order chi connectivity index (χ0) is 20.9. The van der Waals surface area contributed by atoms with Crippen molar-refractivity contribution >= 4 is 9.35 Å². The molecule has 1 aromatic rings. The van der Waals surface area contributed by atoms with Crippen LogP contribution in [0.2, 0.25) is 0 Å². The van der Waals surface area contributed by atoms with E-state index in [1.165, 1.54) is 14.2 Å².